The smallest absolute Gasteiger partial charge is 0.0329 e. The molecule has 0 radical (unpaired) electrons. The summed E-state index contributed by atoms with van der Waals surface area (Å²) in [6, 6.07) is 10.3. The van der Waals surface area contributed by atoms with Gasteiger partial charge in [-0.3, -0.25) is 0 Å². The summed E-state index contributed by atoms with van der Waals surface area (Å²) in [5, 5.41) is 0. The first kappa shape index (κ1) is 9.69. The Morgan fingerprint density at radius 2 is 1.79 bits per heavy atom. The highest BCUT2D eigenvalue weighted by atomic mass is 32.1. The van der Waals surface area contributed by atoms with Gasteiger partial charge in [0.25, 0.3) is 0 Å². The van der Waals surface area contributed by atoms with Gasteiger partial charge >= 0.3 is 0 Å². The molecule has 2 heteroatoms. The maximum atomic E-state index is 5.22. The summed E-state index contributed by atoms with van der Waals surface area (Å²) in [4.78, 5) is 1.84. The number of hydrogen-bond donors (Lipinski definition) is 1. The molecule has 0 amide bonds. The average Bonchev–Trinajstić information content (AvgIpc) is 2.23. The van der Waals surface area contributed by atoms with Gasteiger partial charge in [0.05, 0.1) is 0 Å². The van der Waals surface area contributed by atoms with Crippen molar-refractivity contribution in [2.45, 2.75) is 6.42 Å². The second-order valence-corrected chi connectivity index (χ2v) is 4.18. The first-order chi connectivity index (χ1) is 6.77. The summed E-state index contributed by atoms with van der Waals surface area (Å²) in [5.74, 6) is 0. The molecule has 0 aliphatic heterocycles. The first-order valence-electron chi connectivity index (χ1n) is 4.46. The van der Waals surface area contributed by atoms with Crippen molar-refractivity contribution in [2.24, 2.45) is 0 Å². The maximum Gasteiger partial charge on any atom is 0.0329 e. The average molecular weight is 218 g/mol. The highest BCUT2D eigenvalue weighted by molar-refractivity contribution is 7.90. The van der Waals surface area contributed by atoms with Crippen LogP contribution < -0.4 is 0 Å². The molecule has 0 bridgehead atoms. The van der Waals surface area contributed by atoms with Crippen molar-refractivity contribution in [2.75, 3.05) is 0 Å². The number of benzene rings is 1. The summed E-state index contributed by atoms with van der Waals surface area (Å²) < 4.78 is 0. The van der Waals surface area contributed by atoms with E-state index in [2.05, 4.69) is 30.8 Å². The zero-order chi connectivity index (χ0) is 9.97. The minimum atomic E-state index is 0.828. The van der Waals surface area contributed by atoms with E-state index in [1.54, 1.807) is 0 Å². The van der Waals surface area contributed by atoms with Crippen LogP contribution in [0.3, 0.4) is 0 Å². The van der Waals surface area contributed by atoms with Crippen molar-refractivity contribution >= 4 is 35.3 Å². The molecule has 70 valence electrons. The number of rotatable bonds is 1. The van der Waals surface area contributed by atoms with E-state index in [9.17, 15) is 0 Å². The Labute approximate surface area is 94.7 Å². The Balaban J connectivity index is 2.35. The molecule has 1 aliphatic carbocycles. The third-order valence-corrected chi connectivity index (χ3v) is 3.16. The molecule has 0 spiro atoms. The number of thiol groups is 1. The van der Waals surface area contributed by atoms with Crippen LogP contribution in [0, 0.1) is 0 Å². The van der Waals surface area contributed by atoms with Crippen molar-refractivity contribution in [1.82, 2.24) is 0 Å². The second kappa shape index (κ2) is 4.11. The molecular weight excluding hydrogens is 208 g/mol. The highest BCUT2D eigenvalue weighted by Crippen LogP contribution is 2.26. The van der Waals surface area contributed by atoms with Crippen LogP contribution >= 0.6 is 24.8 Å². The van der Waals surface area contributed by atoms with Gasteiger partial charge in [0.15, 0.2) is 0 Å². The highest BCUT2D eigenvalue weighted by Gasteiger charge is 2.10. The Morgan fingerprint density at radius 1 is 1.07 bits per heavy atom. The number of thiocarbonyl (C=S) groups is 1. The van der Waals surface area contributed by atoms with E-state index >= 15 is 0 Å². The van der Waals surface area contributed by atoms with Crippen LogP contribution in [0.25, 0.3) is 5.57 Å². The fourth-order valence-corrected chi connectivity index (χ4v) is 1.82. The van der Waals surface area contributed by atoms with Gasteiger partial charge in [0.1, 0.15) is 0 Å². The molecule has 0 fully saturated rings. The summed E-state index contributed by atoms with van der Waals surface area (Å²) in [6.45, 7) is 0. The van der Waals surface area contributed by atoms with Crippen LogP contribution in [-0.2, 0) is 0 Å². The quantitative estimate of drug-likeness (QED) is 0.554. The minimum Gasteiger partial charge on any atom is -0.142 e. The van der Waals surface area contributed by atoms with E-state index in [1.807, 2.05) is 24.3 Å². The summed E-state index contributed by atoms with van der Waals surface area (Å²) in [7, 11) is 0. The Bertz CT molecular complexity index is 413. The van der Waals surface area contributed by atoms with Gasteiger partial charge in [-0.1, -0.05) is 48.6 Å². The van der Waals surface area contributed by atoms with E-state index in [0.717, 1.165) is 16.2 Å². The maximum absolute atomic E-state index is 5.22. The van der Waals surface area contributed by atoms with Crippen LogP contribution in [0.1, 0.15) is 12.0 Å². The Hall–Kier alpha value is -0.860. The van der Waals surface area contributed by atoms with Gasteiger partial charge in [-0.15, -0.1) is 12.6 Å². The van der Waals surface area contributed by atoms with Gasteiger partial charge in [0, 0.05) is 16.2 Å². The molecule has 0 saturated heterocycles. The van der Waals surface area contributed by atoms with Gasteiger partial charge in [-0.2, -0.15) is 0 Å². The van der Waals surface area contributed by atoms with Crippen molar-refractivity contribution in [3.8, 4) is 0 Å². The molecule has 0 aromatic heterocycles. The Morgan fingerprint density at radius 3 is 2.43 bits per heavy atom. The molecule has 0 heterocycles. The van der Waals surface area contributed by atoms with Gasteiger partial charge in [0.2, 0.25) is 0 Å². The first-order valence-corrected chi connectivity index (χ1v) is 5.31. The van der Waals surface area contributed by atoms with E-state index in [1.165, 1.54) is 11.1 Å². The van der Waals surface area contributed by atoms with Crippen molar-refractivity contribution in [1.29, 1.82) is 0 Å². The standard InChI is InChI=1S/C12H10S2/c13-11-7-6-10(8-12(11)14)9-4-2-1-3-5-9/h1-7,13H,8H2. The second-order valence-electron chi connectivity index (χ2n) is 3.21. The molecule has 14 heavy (non-hydrogen) atoms. The lowest BCUT2D eigenvalue weighted by atomic mass is 9.97. The van der Waals surface area contributed by atoms with Crippen LogP contribution in [-0.4, -0.2) is 4.86 Å². The molecule has 0 N–H and O–H groups in total. The lowest BCUT2D eigenvalue weighted by Crippen LogP contribution is -2.00. The molecule has 0 atom stereocenters. The van der Waals surface area contributed by atoms with Gasteiger partial charge in [-0.25, -0.2) is 0 Å². The number of allylic oxidation sites excluding steroid dienone is 4. The predicted octanol–water partition coefficient (Wildman–Crippen LogP) is 3.66. The van der Waals surface area contributed by atoms with E-state index in [-0.39, 0.29) is 0 Å². The van der Waals surface area contributed by atoms with E-state index in [0.29, 0.717) is 0 Å². The van der Waals surface area contributed by atoms with Crippen LogP contribution in [0.15, 0.2) is 47.4 Å². The molecule has 2 rings (SSSR count). The van der Waals surface area contributed by atoms with E-state index < -0.39 is 0 Å². The molecule has 0 saturated carbocycles. The molecule has 1 aromatic rings. The molecule has 0 nitrogen and oxygen atoms in total. The minimum absolute atomic E-state index is 0.828. The SMILES string of the molecule is S=C1CC(c2ccccc2)=CC=C1S. The zero-order valence-electron chi connectivity index (χ0n) is 7.60. The zero-order valence-corrected chi connectivity index (χ0v) is 9.31. The third kappa shape index (κ3) is 1.97. The molecule has 1 aliphatic rings. The topological polar surface area (TPSA) is 0 Å². The third-order valence-electron chi connectivity index (χ3n) is 2.22. The summed E-state index contributed by atoms with van der Waals surface area (Å²) >= 11 is 9.50. The van der Waals surface area contributed by atoms with Gasteiger partial charge < -0.3 is 0 Å². The monoisotopic (exact) mass is 218 g/mol. The van der Waals surface area contributed by atoms with E-state index in [4.69, 9.17) is 12.2 Å². The van der Waals surface area contributed by atoms with Crippen LogP contribution in [0.5, 0.6) is 0 Å². The molecule has 0 unspecified atom stereocenters. The Kier molecular flexibility index (Phi) is 2.85. The lowest BCUT2D eigenvalue weighted by Gasteiger charge is -2.12. The van der Waals surface area contributed by atoms with Crippen LogP contribution in [0.4, 0.5) is 0 Å². The fraction of sp³-hybridized carbons (Fsp3) is 0.0833. The summed E-state index contributed by atoms with van der Waals surface area (Å²) in [6.07, 6.45) is 4.89. The van der Waals surface area contributed by atoms with Crippen LogP contribution in [0.2, 0.25) is 0 Å². The van der Waals surface area contributed by atoms with Crippen molar-refractivity contribution in [3.05, 3.63) is 53.0 Å². The fourth-order valence-electron chi connectivity index (χ4n) is 1.45. The number of hydrogen-bond acceptors (Lipinski definition) is 2. The van der Waals surface area contributed by atoms with Gasteiger partial charge in [-0.05, 0) is 17.2 Å². The molecular formula is C12H10S2. The normalized spacial score (nSPS) is 16.2. The lowest BCUT2D eigenvalue weighted by molar-refractivity contribution is 1.46. The largest absolute Gasteiger partial charge is 0.142 e. The van der Waals surface area contributed by atoms with Crippen molar-refractivity contribution < 1.29 is 0 Å². The summed E-state index contributed by atoms with van der Waals surface area (Å²) in [5.41, 5.74) is 2.51. The molecule has 1 aromatic carbocycles. The van der Waals surface area contributed by atoms with Crippen molar-refractivity contribution in [3.63, 3.8) is 0 Å². The predicted molar refractivity (Wildman–Crippen MR) is 68.7 cm³/mol.